The van der Waals surface area contributed by atoms with Crippen molar-refractivity contribution in [3.8, 4) is 12.0 Å². The first-order valence-corrected chi connectivity index (χ1v) is 7.08. The summed E-state index contributed by atoms with van der Waals surface area (Å²) in [5, 5.41) is 4.04. The summed E-state index contributed by atoms with van der Waals surface area (Å²) in [7, 11) is 0. The van der Waals surface area contributed by atoms with Crippen LogP contribution in [0.1, 0.15) is 32.1 Å². The fraction of sp³-hybridized carbons (Fsp3) is 0.583. The quantitative estimate of drug-likeness (QED) is 0.859. The van der Waals surface area contributed by atoms with Crippen LogP contribution in [0.5, 0.6) is 6.01 Å². The van der Waals surface area contributed by atoms with Crippen LogP contribution < -0.4 is 4.74 Å². The maximum Gasteiger partial charge on any atom is 0.322 e. The van der Waals surface area contributed by atoms with Crippen molar-refractivity contribution in [2.24, 2.45) is 5.92 Å². The van der Waals surface area contributed by atoms with Crippen molar-refractivity contribution < 1.29 is 4.74 Å². The van der Waals surface area contributed by atoms with Crippen molar-refractivity contribution in [3.63, 3.8) is 0 Å². The second kappa shape index (κ2) is 6.13. The Morgan fingerprint density at radius 1 is 1.20 bits per heavy atom. The highest BCUT2D eigenvalue weighted by Gasteiger charge is 2.15. The number of halogens is 1. The molecule has 20 heavy (non-hydrogen) atoms. The van der Waals surface area contributed by atoms with Gasteiger partial charge in [0.05, 0.1) is 6.61 Å². The molecular weight excluding hydrogens is 280 g/mol. The smallest absolute Gasteiger partial charge is 0.322 e. The van der Waals surface area contributed by atoms with E-state index < -0.39 is 0 Å². The summed E-state index contributed by atoms with van der Waals surface area (Å²) >= 11 is 5.88. The molecular formula is C12H15ClN6O. The van der Waals surface area contributed by atoms with Gasteiger partial charge in [0.2, 0.25) is 5.28 Å². The first-order chi connectivity index (χ1) is 9.81. The summed E-state index contributed by atoms with van der Waals surface area (Å²) in [4.78, 5) is 16.0. The molecule has 0 atom stereocenters. The Bertz CT molecular complexity index is 555. The van der Waals surface area contributed by atoms with E-state index in [4.69, 9.17) is 16.3 Å². The summed E-state index contributed by atoms with van der Waals surface area (Å²) in [5.74, 6) is 0.884. The third kappa shape index (κ3) is 3.22. The molecule has 0 amide bonds. The topological polar surface area (TPSA) is 78.6 Å². The summed E-state index contributed by atoms with van der Waals surface area (Å²) in [5.41, 5.74) is 0. The van der Waals surface area contributed by atoms with Crippen molar-refractivity contribution in [2.75, 3.05) is 6.61 Å². The normalized spacial score (nSPS) is 16.2. The fourth-order valence-electron chi connectivity index (χ4n) is 2.35. The van der Waals surface area contributed by atoms with Crippen LogP contribution in [0.3, 0.4) is 0 Å². The van der Waals surface area contributed by atoms with Crippen LogP contribution in [-0.4, -0.2) is 36.3 Å². The molecule has 0 saturated heterocycles. The summed E-state index contributed by atoms with van der Waals surface area (Å²) in [6, 6.07) is 0.237. The first-order valence-electron chi connectivity index (χ1n) is 6.70. The average molecular weight is 295 g/mol. The third-order valence-electron chi connectivity index (χ3n) is 3.37. The first kappa shape index (κ1) is 13.2. The maximum absolute atomic E-state index is 5.88. The standard InChI is InChI=1S/C12H15ClN6O/c13-10-16-11(19-8-14-7-15-19)18-12(17-10)20-6-9-4-2-1-3-5-9/h7-9H,1-6H2. The molecule has 3 rings (SSSR count). The lowest BCUT2D eigenvalue weighted by Gasteiger charge is -2.20. The highest BCUT2D eigenvalue weighted by Crippen LogP contribution is 2.24. The monoisotopic (exact) mass is 294 g/mol. The van der Waals surface area contributed by atoms with Gasteiger partial charge >= 0.3 is 6.01 Å². The van der Waals surface area contributed by atoms with E-state index in [-0.39, 0.29) is 11.3 Å². The van der Waals surface area contributed by atoms with Crippen LogP contribution in [0.2, 0.25) is 5.28 Å². The van der Waals surface area contributed by atoms with Gasteiger partial charge in [-0.15, -0.1) is 0 Å². The van der Waals surface area contributed by atoms with Crippen LogP contribution in [0.4, 0.5) is 0 Å². The number of rotatable bonds is 4. The van der Waals surface area contributed by atoms with Crippen molar-refractivity contribution in [3.05, 3.63) is 17.9 Å². The SMILES string of the molecule is Clc1nc(OCC2CCCCC2)nc(-n2cncn2)n1. The molecule has 0 N–H and O–H groups in total. The highest BCUT2D eigenvalue weighted by molar-refractivity contribution is 6.28. The van der Waals surface area contributed by atoms with E-state index >= 15 is 0 Å². The maximum atomic E-state index is 5.88. The van der Waals surface area contributed by atoms with Crippen molar-refractivity contribution >= 4 is 11.6 Å². The molecule has 1 saturated carbocycles. The molecule has 1 fully saturated rings. The number of nitrogens with zero attached hydrogens (tertiary/aromatic N) is 6. The summed E-state index contributed by atoms with van der Waals surface area (Å²) in [6.45, 7) is 0.622. The molecule has 2 aromatic heterocycles. The number of hydrogen-bond acceptors (Lipinski definition) is 6. The zero-order chi connectivity index (χ0) is 13.8. The van der Waals surface area contributed by atoms with Gasteiger partial charge in [-0.05, 0) is 30.4 Å². The molecule has 2 heterocycles. The molecule has 2 aromatic rings. The minimum atomic E-state index is 0.0872. The third-order valence-corrected chi connectivity index (χ3v) is 3.54. The lowest BCUT2D eigenvalue weighted by molar-refractivity contribution is 0.195. The Kier molecular flexibility index (Phi) is 4.05. The largest absolute Gasteiger partial charge is 0.463 e. The molecule has 8 heteroatoms. The lowest BCUT2D eigenvalue weighted by atomic mass is 9.90. The van der Waals surface area contributed by atoms with Gasteiger partial charge in [-0.25, -0.2) is 4.98 Å². The number of aromatic nitrogens is 6. The van der Waals surface area contributed by atoms with Crippen molar-refractivity contribution in [1.82, 2.24) is 29.7 Å². The summed E-state index contributed by atoms with van der Waals surface area (Å²) in [6.07, 6.45) is 9.18. The van der Waals surface area contributed by atoms with E-state index in [1.165, 1.54) is 49.4 Å². The van der Waals surface area contributed by atoms with Gasteiger partial charge in [0, 0.05) is 0 Å². The second-order valence-electron chi connectivity index (χ2n) is 4.84. The molecule has 1 aliphatic carbocycles. The van der Waals surface area contributed by atoms with E-state index in [2.05, 4.69) is 25.0 Å². The van der Waals surface area contributed by atoms with E-state index in [0.29, 0.717) is 18.5 Å². The molecule has 0 radical (unpaired) electrons. The van der Waals surface area contributed by atoms with E-state index in [9.17, 15) is 0 Å². The van der Waals surface area contributed by atoms with Gasteiger partial charge in [0.15, 0.2) is 0 Å². The van der Waals surface area contributed by atoms with Gasteiger partial charge in [-0.3, -0.25) is 0 Å². The zero-order valence-corrected chi connectivity index (χ0v) is 11.7. The predicted octanol–water partition coefficient (Wildman–Crippen LogP) is 2.06. The van der Waals surface area contributed by atoms with Gasteiger partial charge in [0.1, 0.15) is 12.7 Å². The van der Waals surface area contributed by atoms with Crippen LogP contribution in [-0.2, 0) is 0 Å². The molecule has 106 valence electrons. The Morgan fingerprint density at radius 2 is 2.05 bits per heavy atom. The van der Waals surface area contributed by atoms with Crippen LogP contribution >= 0.6 is 11.6 Å². The molecule has 0 aromatic carbocycles. The van der Waals surface area contributed by atoms with Gasteiger partial charge in [0.25, 0.3) is 5.95 Å². The minimum Gasteiger partial charge on any atom is -0.463 e. The molecule has 0 unspecified atom stereocenters. The molecule has 0 aliphatic heterocycles. The molecule has 0 bridgehead atoms. The van der Waals surface area contributed by atoms with Gasteiger partial charge < -0.3 is 4.74 Å². The second-order valence-corrected chi connectivity index (χ2v) is 5.18. The zero-order valence-electron chi connectivity index (χ0n) is 10.9. The predicted molar refractivity (Wildman–Crippen MR) is 71.8 cm³/mol. The van der Waals surface area contributed by atoms with Crippen LogP contribution in [0, 0.1) is 5.92 Å². The van der Waals surface area contributed by atoms with Gasteiger partial charge in [-0.1, -0.05) is 19.3 Å². The lowest BCUT2D eigenvalue weighted by Crippen LogP contribution is -2.17. The minimum absolute atomic E-state index is 0.0872. The Morgan fingerprint density at radius 3 is 2.80 bits per heavy atom. The van der Waals surface area contributed by atoms with Gasteiger partial charge in [-0.2, -0.15) is 24.7 Å². The number of ether oxygens (including phenoxy) is 1. The van der Waals surface area contributed by atoms with Crippen LogP contribution in [0.25, 0.3) is 5.95 Å². The highest BCUT2D eigenvalue weighted by atomic mass is 35.5. The van der Waals surface area contributed by atoms with Crippen molar-refractivity contribution in [2.45, 2.75) is 32.1 Å². The van der Waals surface area contributed by atoms with E-state index in [0.717, 1.165) is 0 Å². The van der Waals surface area contributed by atoms with E-state index in [1.54, 1.807) is 0 Å². The Hall–Kier alpha value is -1.76. The van der Waals surface area contributed by atoms with E-state index in [1.807, 2.05) is 0 Å². The fourth-order valence-corrected chi connectivity index (χ4v) is 2.49. The molecule has 7 nitrogen and oxygen atoms in total. The summed E-state index contributed by atoms with van der Waals surface area (Å²) < 4.78 is 7.07. The molecule has 0 spiro atoms. The number of hydrogen-bond donors (Lipinski definition) is 0. The Balaban J connectivity index is 1.69. The Labute approximate surface area is 121 Å². The molecule has 1 aliphatic rings. The van der Waals surface area contributed by atoms with Crippen molar-refractivity contribution in [1.29, 1.82) is 0 Å². The van der Waals surface area contributed by atoms with Crippen LogP contribution in [0.15, 0.2) is 12.7 Å². The average Bonchev–Trinajstić information content (AvgIpc) is 3.00.